The molecule has 0 saturated heterocycles. The van der Waals surface area contributed by atoms with E-state index >= 15 is 0 Å². The summed E-state index contributed by atoms with van der Waals surface area (Å²) in [6.07, 6.45) is 1.58. The first-order valence-electron chi connectivity index (χ1n) is 9.72. The molecule has 2 amide bonds. The summed E-state index contributed by atoms with van der Waals surface area (Å²) in [6.45, 7) is 6.04. The second-order valence-corrected chi connectivity index (χ2v) is 8.04. The van der Waals surface area contributed by atoms with Crippen LogP contribution in [0.15, 0.2) is 52.5 Å². The molecule has 2 atom stereocenters. The third-order valence-electron chi connectivity index (χ3n) is 5.61. The number of ether oxygens (including phenoxy) is 2. The number of benzene rings is 1. The summed E-state index contributed by atoms with van der Waals surface area (Å²) in [7, 11) is 1.20. The van der Waals surface area contributed by atoms with Crippen molar-refractivity contribution in [3.8, 4) is 0 Å². The van der Waals surface area contributed by atoms with E-state index in [0.717, 1.165) is 0 Å². The Morgan fingerprint density at radius 2 is 2.03 bits per heavy atom. The van der Waals surface area contributed by atoms with Crippen LogP contribution in [0.4, 0.5) is 5.69 Å². The van der Waals surface area contributed by atoms with Gasteiger partial charge in [0.05, 0.1) is 7.11 Å². The van der Waals surface area contributed by atoms with E-state index in [2.05, 4.69) is 4.99 Å². The Balaban J connectivity index is 2.09. The summed E-state index contributed by atoms with van der Waals surface area (Å²) >= 11 is 0. The minimum atomic E-state index is -1.70. The lowest BCUT2D eigenvalue weighted by atomic mass is 9.63. The predicted molar refractivity (Wildman–Crippen MR) is 109 cm³/mol. The van der Waals surface area contributed by atoms with Gasteiger partial charge in [-0.2, -0.15) is 0 Å². The highest BCUT2D eigenvalue weighted by Gasteiger charge is 2.66. The number of esters is 1. The number of nitrogens with two attached hydrogens (primary N) is 1. The minimum absolute atomic E-state index is 0.150. The van der Waals surface area contributed by atoms with Crippen molar-refractivity contribution >= 4 is 29.2 Å². The smallest absolute Gasteiger partial charge is 0.340 e. The summed E-state index contributed by atoms with van der Waals surface area (Å²) in [5.74, 6) is -2.84. The summed E-state index contributed by atoms with van der Waals surface area (Å²) in [4.78, 5) is 45.8. The highest BCUT2D eigenvalue weighted by Crippen LogP contribution is 2.56. The first-order valence-corrected chi connectivity index (χ1v) is 9.72. The van der Waals surface area contributed by atoms with Crippen molar-refractivity contribution in [1.29, 1.82) is 0 Å². The molecule has 2 N–H and O–H groups in total. The standard InChI is InChI=1S/C22H23N3O5/c1-11(2)10-25-14-8-6-5-7-13(14)22(21(25)28)16-15(9-12(3)24-19(16)26)30-18(23)17(22)20(27)29-4/h5-9,11,16H,10,23H2,1-4H3. The Morgan fingerprint density at radius 1 is 1.33 bits per heavy atom. The van der Waals surface area contributed by atoms with E-state index in [1.54, 1.807) is 36.1 Å². The molecular formula is C22H23N3O5. The number of para-hydroxylation sites is 1. The summed E-state index contributed by atoms with van der Waals surface area (Å²) in [5.41, 5.74) is 5.88. The molecule has 0 saturated carbocycles. The molecule has 1 aromatic rings. The van der Waals surface area contributed by atoms with E-state index in [-0.39, 0.29) is 23.1 Å². The van der Waals surface area contributed by atoms with Gasteiger partial charge in [-0.3, -0.25) is 9.59 Å². The van der Waals surface area contributed by atoms with E-state index in [0.29, 0.717) is 23.5 Å². The molecule has 8 nitrogen and oxygen atoms in total. The number of nitrogens with zero attached hydrogens (tertiary/aromatic N) is 2. The lowest BCUT2D eigenvalue weighted by Gasteiger charge is -2.41. The maximum absolute atomic E-state index is 14.1. The van der Waals surface area contributed by atoms with Crippen LogP contribution in [0, 0.1) is 11.8 Å². The molecule has 8 heteroatoms. The Kier molecular flexibility index (Phi) is 4.52. The maximum atomic E-state index is 14.1. The van der Waals surface area contributed by atoms with Gasteiger partial charge >= 0.3 is 5.97 Å². The third kappa shape index (κ3) is 2.52. The topological polar surface area (TPSA) is 111 Å². The van der Waals surface area contributed by atoms with Gasteiger partial charge in [0.25, 0.3) is 5.91 Å². The lowest BCUT2D eigenvalue weighted by molar-refractivity contribution is -0.142. The number of hydrogen-bond donors (Lipinski definition) is 1. The number of dihydropyridines is 1. The lowest BCUT2D eigenvalue weighted by Crippen LogP contribution is -2.56. The molecule has 156 valence electrons. The van der Waals surface area contributed by atoms with E-state index in [9.17, 15) is 14.4 Å². The van der Waals surface area contributed by atoms with Gasteiger partial charge < -0.3 is 20.1 Å². The highest BCUT2D eigenvalue weighted by atomic mass is 16.5. The van der Waals surface area contributed by atoms with Crippen LogP contribution in [0.2, 0.25) is 0 Å². The van der Waals surface area contributed by atoms with Gasteiger partial charge in [-0.1, -0.05) is 32.0 Å². The SMILES string of the molecule is COC(=O)C1=C(N)OC2=CC(C)=NC(=O)C2C12C(=O)N(CC(C)C)c1ccccc12. The molecule has 0 aromatic heterocycles. The monoisotopic (exact) mass is 409 g/mol. The van der Waals surface area contributed by atoms with E-state index in [1.165, 1.54) is 7.11 Å². The van der Waals surface area contributed by atoms with Crippen LogP contribution in [0.3, 0.4) is 0 Å². The second kappa shape index (κ2) is 6.83. The molecule has 0 bridgehead atoms. The van der Waals surface area contributed by atoms with Gasteiger partial charge in [0.15, 0.2) is 0 Å². The zero-order valence-electron chi connectivity index (χ0n) is 17.3. The number of methoxy groups -OCH3 is 1. The number of rotatable bonds is 3. The molecule has 2 unspecified atom stereocenters. The first kappa shape index (κ1) is 19.9. The minimum Gasteiger partial charge on any atom is -0.465 e. The van der Waals surface area contributed by atoms with Crippen molar-refractivity contribution in [3.63, 3.8) is 0 Å². The molecule has 0 radical (unpaired) electrons. The summed E-state index contributed by atoms with van der Waals surface area (Å²) in [6, 6.07) is 7.12. The van der Waals surface area contributed by atoms with Gasteiger partial charge in [-0.05, 0) is 30.5 Å². The van der Waals surface area contributed by atoms with Crippen LogP contribution in [0.25, 0.3) is 0 Å². The molecule has 1 spiro atoms. The zero-order valence-corrected chi connectivity index (χ0v) is 17.3. The van der Waals surface area contributed by atoms with Gasteiger partial charge in [-0.15, -0.1) is 0 Å². The van der Waals surface area contributed by atoms with Crippen molar-refractivity contribution in [3.05, 3.63) is 53.1 Å². The Labute approximate surface area is 174 Å². The number of hydrogen-bond acceptors (Lipinski definition) is 6. The van der Waals surface area contributed by atoms with E-state index in [1.807, 2.05) is 19.9 Å². The molecule has 0 fully saturated rings. The zero-order chi connectivity index (χ0) is 21.8. The quantitative estimate of drug-likeness (QED) is 0.762. The number of anilines is 1. The molecule has 30 heavy (non-hydrogen) atoms. The van der Waals surface area contributed by atoms with E-state index < -0.39 is 29.1 Å². The first-order chi connectivity index (χ1) is 14.2. The van der Waals surface area contributed by atoms with Crippen LogP contribution < -0.4 is 10.6 Å². The highest BCUT2D eigenvalue weighted by molar-refractivity contribution is 6.20. The van der Waals surface area contributed by atoms with Gasteiger partial charge in [0.1, 0.15) is 22.7 Å². The molecule has 0 aliphatic carbocycles. The summed E-state index contributed by atoms with van der Waals surface area (Å²) in [5, 5.41) is 0. The molecule has 1 aromatic carbocycles. The average Bonchev–Trinajstić information content (AvgIpc) is 2.90. The van der Waals surface area contributed by atoms with Crippen LogP contribution >= 0.6 is 0 Å². The fourth-order valence-corrected chi connectivity index (χ4v) is 4.60. The molecular weight excluding hydrogens is 386 g/mol. The van der Waals surface area contributed by atoms with Gasteiger partial charge in [0, 0.05) is 17.9 Å². The second-order valence-electron chi connectivity index (χ2n) is 8.04. The van der Waals surface area contributed by atoms with Crippen LogP contribution in [0.1, 0.15) is 26.3 Å². The van der Waals surface area contributed by atoms with Gasteiger partial charge in [0.2, 0.25) is 11.8 Å². The number of aliphatic imine (C=N–C) groups is 1. The van der Waals surface area contributed by atoms with E-state index in [4.69, 9.17) is 15.2 Å². The van der Waals surface area contributed by atoms with Crippen LogP contribution in [0.5, 0.6) is 0 Å². The summed E-state index contributed by atoms with van der Waals surface area (Å²) < 4.78 is 10.6. The number of allylic oxidation sites excluding steroid dienone is 1. The van der Waals surface area contributed by atoms with Crippen molar-refractivity contribution in [2.75, 3.05) is 18.6 Å². The largest absolute Gasteiger partial charge is 0.465 e. The van der Waals surface area contributed by atoms with Crippen LogP contribution in [-0.4, -0.2) is 37.1 Å². The average molecular weight is 409 g/mol. The Bertz CT molecular complexity index is 1070. The fraction of sp³-hybridized carbons (Fsp3) is 0.364. The normalized spacial score (nSPS) is 25.1. The van der Waals surface area contributed by atoms with Gasteiger partial charge in [-0.25, -0.2) is 9.79 Å². The predicted octanol–water partition coefficient (Wildman–Crippen LogP) is 1.80. The van der Waals surface area contributed by atoms with Crippen molar-refractivity contribution in [2.24, 2.45) is 22.6 Å². The number of carbonyl (C=O) groups excluding carboxylic acids is 3. The number of amides is 2. The Hall–Kier alpha value is -3.42. The molecule has 3 heterocycles. The van der Waals surface area contributed by atoms with Crippen molar-refractivity contribution in [1.82, 2.24) is 0 Å². The van der Waals surface area contributed by atoms with Crippen molar-refractivity contribution in [2.45, 2.75) is 26.2 Å². The number of carbonyl (C=O) groups is 3. The fourth-order valence-electron chi connectivity index (χ4n) is 4.60. The Morgan fingerprint density at radius 3 is 2.70 bits per heavy atom. The molecule has 4 rings (SSSR count). The molecule has 3 aliphatic heterocycles. The molecule has 3 aliphatic rings. The number of fused-ring (bicyclic) bond motifs is 4. The third-order valence-corrected chi connectivity index (χ3v) is 5.61. The maximum Gasteiger partial charge on any atom is 0.340 e. The van der Waals surface area contributed by atoms with Crippen LogP contribution in [-0.2, 0) is 29.3 Å². The van der Waals surface area contributed by atoms with Crippen molar-refractivity contribution < 1.29 is 23.9 Å².